The number of anilines is 1. The molecule has 0 radical (unpaired) electrons. The van der Waals surface area contributed by atoms with Gasteiger partial charge in [0, 0.05) is 17.4 Å². The van der Waals surface area contributed by atoms with E-state index in [1.807, 2.05) is 20.8 Å². The molecule has 1 saturated heterocycles. The van der Waals surface area contributed by atoms with Gasteiger partial charge in [-0.15, -0.1) is 0 Å². The van der Waals surface area contributed by atoms with Gasteiger partial charge in [-0.2, -0.15) is 4.98 Å². The molecule has 8 nitrogen and oxygen atoms in total. The van der Waals surface area contributed by atoms with Crippen LogP contribution in [0.15, 0.2) is 15.1 Å². The van der Waals surface area contributed by atoms with E-state index in [1.54, 1.807) is 13.0 Å². The van der Waals surface area contributed by atoms with Gasteiger partial charge in [0.2, 0.25) is 11.8 Å². The van der Waals surface area contributed by atoms with Gasteiger partial charge < -0.3 is 14.4 Å². The van der Waals surface area contributed by atoms with Crippen LogP contribution in [0.2, 0.25) is 0 Å². The van der Waals surface area contributed by atoms with Gasteiger partial charge in [-0.1, -0.05) is 31.1 Å². The molecule has 0 aliphatic carbocycles. The highest BCUT2D eigenvalue weighted by atomic mass is 16.5. The molecule has 0 unspecified atom stereocenters. The highest BCUT2D eigenvalue weighted by Crippen LogP contribution is 2.22. The first-order valence-electron chi connectivity index (χ1n) is 8.61. The number of piperidine rings is 1. The fourth-order valence-electron chi connectivity index (χ4n) is 2.83. The largest absolute Gasteiger partial charge is 0.360 e. The number of hydrogen-bond acceptors (Lipinski definition) is 7. The van der Waals surface area contributed by atoms with Crippen LogP contribution in [-0.2, 0) is 16.8 Å². The third kappa shape index (κ3) is 4.45. The number of likely N-dealkylation sites (tertiary alicyclic amines) is 1. The summed E-state index contributed by atoms with van der Waals surface area (Å²) in [6.45, 7) is 10.2. The van der Waals surface area contributed by atoms with Crippen molar-refractivity contribution in [1.29, 1.82) is 0 Å². The second-order valence-corrected chi connectivity index (χ2v) is 7.63. The Morgan fingerprint density at radius 1 is 1.28 bits per heavy atom. The first-order chi connectivity index (χ1) is 11.8. The van der Waals surface area contributed by atoms with E-state index in [4.69, 9.17) is 9.05 Å². The minimum Gasteiger partial charge on any atom is -0.360 e. The standard InChI is InChI=1S/C17H25N5O3/c1-11-9-13(20-24-11)18-15(23)12-5-7-22(8-6-12)10-14-19-16(25-21-14)17(2,3)4/h9,12H,5-8,10H2,1-4H3,(H,18,20,23). The summed E-state index contributed by atoms with van der Waals surface area (Å²) in [7, 11) is 0. The van der Waals surface area contributed by atoms with Crippen LogP contribution < -0.4 is 5.32 Å². The maximum Gasteiger partial charge on any atom is 0.232 e. The smallest absolute Gasteiger partial charge is 0.232 e. The summed E-state index contributed by atoms with van der Waals surface area (Å²) >= 11 is 0. The Hall–Kier alpha value is -2.22. The molecule has 3 rings (SSSR count). The van der Waals surface area contributed by atoms with E-state index in [0.29, 0.717) is 29.8 Å². The monoisotopic (exact) mass is 347 g/mol. The molecule has 0 atom stereocenters. The Morgan fingerprint density at radius 3 is 2.56 bits per heavy atom. The predicted molar refractivity (Wildman–Crippen MR) is 90.9 cm³/mol. The zero-order chi connectivity index (χ0) is 18.0. The molecule has 1 N–H and O–H groups in total. The van der Waals surface area contributed by atoms with Crippen LogP contribution >= 0.6 is 0 Å². The fraction of sp³-hybridized carbons (Fsp3) is 0.647. The van der Waals surface area contributed by atoms with Gasteiger partial charge in [-0.05, 0) is 32.9 Å². The highest BCUT2D eigenvalue weighted by molar-refractivity contribution is 5.91. The van der Waals surface area contributed by atoms with Gasteiger partial charge in [0.15, 0.2) is 11.6 Å². The molecule has 2 aromatic heterocycles. The van der Waals surface area contributed by atoms with Gasteiger partial charge in [0.1, 0.15) is 5.76 Å². The van der Waals surface area contributed by atoms with Gasteiger partial charge in [-0.25, -0.2) is 0 Å². The Balaban J connectivity index is 1.48. The number of nitrogens with one attached hydrogen (secondary N) is 1. The molecule has 136 valence electrons. The second-order valence-electron chi connectivity index (χ2n) is 7.63. The summed E-state index contributed by atoms with van der Waals surface area (Å²) in [4.78, 5) is 19.0. The van der Waals surface area contributed by atoms with Gasteiger partial charge in [0.05, 0.1) is 6.54 Å². The van der Waals surface area contributed by atoms with Crippen molar-refractivity contribution >= 4 is 11.7 Å². The summed E-state index contributed by atoms with van der Waals surface area (Å²) < 4.78 is 10.3. The molecule has 0 bridgehead atoms. The summed E-state index contributed by atoms with van der Waals surface area (Å²) in [5.74, 6) is 2.50. The second kappa shape index (κ2) is 6.95. The number of carbonyl (C=O) groups is 1. The minimum absolute atomic E-state index is 0.00234. The van der Waals surface area contributed by atoms with E-state index in [1.165, 1.54) is 0 Å². The molecular formula is C17H25N5O3. The number of rotatable bonds is 4. The molecule has 25 heavy (non-hydrogen) atoms. The van der Waals surface area contributed by atoms with Gasteiger partial charge in [-0.3, -0.25) is 9.69 Å². The number of aryl methyl sites for hydroxylation is 1. The zero-order valence-corrected chi connectivity index (χ0v) is 15.2. The SMILES string of the molecule is Cc1cc(NC(=O)C2CCN(Cc3noc(C(C)(C)C)n3)CC2)no1. The van der Waals surface area contributed by atoms with E-state index >= 15 is 0 Å². The first kappa shape index (κ1) is 17.6. The molecule has 1 aliphatic heterocycles. The van der Waals surface area contributed by atoms with Crippen molar-refractivity contribution in [2.45, 2.75) is 52.5 Å². The molecule has 1 fully saturated rings. The van der Waals surface area contributed by atoms with Crippen LogP contribution in [0.3, 0.4) is 0 Å². The molecule has 0 saturated carbocycles. The quantitative estimate of drug-likeness (QED) is 0.907. The van der Waals surface area contributed by atoms with Crippen molar-refractivity contribution < 1.29 is 13.8 Å². The molecule has 0 spiro atoms. The predicted octanol–water partition coefficient (Wildman–Crippen LogP) is 2.51. The lowest BCUT2D eigenvalue weighted by Gasteiger charge is -2.30. The van der Waals surface area contributed by atoms with Gasteiger partial charge >= 0.3 is 0 Å². The highest BCUT2D eigenvalue weighted by Gasteiger charge is 2.27. The summed E-state index contributed by atoms with van der Waals surface area (Å²) in [5.41, 5.74) is -0.143. The third-order valence-electron chi connectivity index (χ3n) is 4.31. The first-order valence-corrected chi connectivity index (χ1v) is 8.61. The van der Waals surface area contributed by atoms with Crippen LogP contribution in [-0.4, -0.2) is 39.2 Å². The maximum absolute atomic E-state index is 12.3. The average molecular weight is 347 g/mol. The molecule has 1 amide bonds. The molecule has 3 heterocycles. The van der Waals surface area contributed by atoms with Crippen molar-refractivity contribution in [3.8, 4) is 0 Å². The van der Waals surface area contributed by atoms with E-state index in [-0.39, 0.29) is 17.2 Å². The summed E-state index contributed by atoms with van der Waals surface area (Å²) in [6, 6.07) is 1.72. The lowest BCUT2D eigenvalue weighted by atomic mass is 9.96. The zero-order valence-electron chi connectivity index (χ0n) is 15.2. The van der Waals surface area contributed by atoms with E-state index < -0.39 is 0 Å². The lowest BCUT2D eigenvalue weighted by Crippen LogP contribution is -2.38. The third-order valence-corrected chi connectivity index (χ3v) is 4.31. The van der Waals surface area contributed by atoms with E-state index in [9.17, 15) is 4.79 Å². The molecular weight excluding hydrogens is 322 g/mol. The number of amides is 1. The molecule has 8 heteroatoms. The molecule has 2 aromatic rings. The Morgan fingerprint density at radius 2 is 2.00 bits per heavy atom. The minimum atomic E-state index is -0.143. The number of nitrogens with zero attached hydrogens (tertiary/aromatic N) is 4. The number of carbonyl (C=O) groups excluding carboxylic acids is 1. The topological polar surface area (TPSA) is 97.3 Å². The van der Waals surface area contributed by atoms with Crippen LogP contribution in [0, 0.1) is 12.8 Å². The van der Waals surface area contributed by atoms with Crippen molar-refractivity contribution in [2.75, 3.05) is 18.4 Å². The number of hydrogen-bond donors (Lipinski definition) is 1. The Kier molecular flexibility index (Phi) is 4.89. The van der Waals surface area contributed by atoms with E-state index in [0.717, 1.165) is 25.9 Å². The van der Waals surface area contributed by atoms with E-state index in [2.05, 4.69) is 25.5 Å². The fourth-order valence-corrected chi connectivity index (χ4v) is 2.83. The maximum atomic E-state index is 12.3. The number of aromatic nitrogens is 3. The van der Waals surface area contributed by atoms with Crippen LogP contribution in [0.1, 0.15) is 51.1 Å². The summed E-state index contributed by atoms with van der Waals surface area (Å²) in [6.07, 6.45) is 1.60. The normalized spacial score (nSPS) is 17.0. The van der Waals surface area contributed by atoms with Crippen molar-refractivity contribution in [3.05, 3.63) is 23.5 Å². The lowest BCUT2D eigenvalue weighted by molar-refractivity contribution is -0.121. The van der Waals surface area contributed by atoms with Crippen molar-refractivity contribution in [3.63, 3.8) is 0 Å². The summed E-state index contributed by atoms with van der Waals surface area (Å²) in [5, 5.41) is 10.7. The van der Waals surface area contributed by atoms with Crippen molar-refractivity contribution in [2.24, 2.45) is 5.92 Å². The molecule has 0 aromatic carbocycles. The van der Waals surface area contributed by atoms with Crippen LogP contribution in [0.5, 0.6) is 0 Å². The van der Waals surface area contributed by atoms with Gasteiger partial charge in [0.25, 0.3) is 0 Å². The molecule has 1 aliphatic rings. The van der Waals surface area contributed by atoms with Crippen LogP contribution in [0.4, 0.5) is 5.82 Å². The van der Waals surface area contributed by atoms with Crippen LogP contribution in [0.25, 0.3) is 0 Å². The Labute approximate surface area is 146 Å². The average Bonchev–Trinajstić information content (AvgIpc) is 3.17. The van der Waals surface area contributed by atoms with Crippen molar-refractivity contribution in [1.82, 2.24) is 20.2 Å². The Bertz CT molecular complexity index is 723.